The number of benzene rings is 1. The topological polar surface area (TPSA) is 87.4 Å². The van der Waals surface area contributed by atoms with Crippen molar-refractivity contribution in [2.75, 3.05) is 42.1 Å². The fourth-order valence-electron chi connectivity index (χ4n) is 2.80. The number of aromatic nitrogens is 2. The molecular weight excluding hydrogens is 304 g/mol. The lowest BCUT2D eigenvalue weighted by atomic mass is 10.2. The minimum Gasteiger partial charge on any atom is -0.397 e. The second-order valence-corrected chi connectivity index (χ2v) is 5.82. The van der Waals surface area contributed by atoms with Gasteiger partial charge < -0.3 is 20.9 Å². The second-order valence-electron chi connectivity index (χ2n) is 5.82. The van der Waals surface area contributed by atoms with Crippen LogP contribution in [0.15, 0.2) is 36.7 Å². The first-order valence-corrected chi connectivity index (χ1v) is 8.07. The van der Waals surface area contributed by atoms with Gasteiger partial charge in [0.05, 0.1) is 11.4 Å². The molecule has 0 atom stereocenters. The minimum absolute atomic E-state index is 0.126. The van der Waals surface area contributed by atoms with Gasteiger partial charge in [-0.15, -0.1) is 0 Å². The summed E-state index contributed by atoms with van der Waals surface area (Å²) in [4.78, 5) is 24.3. The molecule has 0 radical (unpaired) electrons. The number of hydrogen-bond donors (Lipinski definition) is 2. The lowest BCUT2D eigenvalue weighted by Gasteiger charge is -2.22. The highest BCUT2D eigenvalue weighted by atomic mass is 16.2. The number of para-hydroxylation sites is 2. The zero-order chi connectivity index (χ0) is 16.9. The average Bonchev–Trinajstić information content (AvgIpc) is 2.83. The first-order chi connectivity index (χ1) is 11.6. The van der Waals surface area contributed by atoms with Gasteiger partial charge in [0.2, 0.25) is 5.91 Å². The van der Waals surface area contributed by atoms with Crippen molar-refractivity contribution in [1.29, 1.82) is 0 Å². The molecular formula is C17H22N6O. The third kappa shape index (κ3) is 3.73. The molecule has 3 rings (SSSR count). The monoisotopic (exact) mass is 326 g/mol. The minimum atomic E-state index is 0.126. The third-order valence-electron chi connectivity index (χ3n) is 4.14. The molecule has 0 spiro atoms. The van der Waals surface area contributed by atoms with Crippen LogP contribution >= 0.6 is 0 Å². The summed E-state index contributed by atoms with van der Waals surface area (Å²) in [5.74, 6) is 1.68. The number of nitrogens with zero attached hydrogens (tertiary/aromatic N) is 4. The first-order valence-electron chi connectivity index (χ1n) is 8.07. The molecule has 3 N–H and O–H groups in total. The summed E-state index contributed by atoms with van der Waals surface area (Å²) >= 11 is 0. The fraction of sp³-hybridized carbons (Fsp3) is 0.353. The molecule has 1 fully saturated rings. The molecule has 0 aliphatic carbocycles. The van der Waals surface area contributed by atoms with Crippen molar-refractivity contribution >= 4 is 28.9 Å². The Morgan fingerprint density at radius 1 is 1.17 bits per heavy atom. The zero-order valence-corrected chi connectivity index (χ0v) is 13.8. The van der Waals surface area contributed by atoms with Gasteiger partial charge in [-0.2, -0.15) is 0 Å². The van der Waals surface area contributed by atoms with E-state index in [1.807, 2.05) is 35.2 Å². The second kappa shape index (κ2) is 7.16. The van der Waals surface area contributed by atoms with Gasteiger partial charge in [-0.25, -0.2) is 9.97 Å². The SMILES string of the molecule is CC(=O)N1CCCN(c2cc(Nc3ccccc3N)ncn2)CC1. The van der Waals surface area contributed by atoms with E-state index in [0.29, 0.717) is 18.1 Å². The summed E-state index contributed by atoms with van der Waals surface area (Å²) in [6.07, 6.45) is 2.47. The quantitative estimate of drug-likeness (QED) is 0.837. The third-order valence-corrected chi connectivity index (χ3v) is 4.14. The molecule has 1 aromatic heterocycles. The van der Waals surface area contributed by atoms with E-state index < -0.39 is 0 Å². The van der Waals surface area contributed by atoms with Crippen LogP contribution in [0, 0.1) is 0 Å². The lowest BCUT2D eigenvalue weighted by Crippen LogP contribution is -2.33. The summed E-state index contributed by atoms with van der Waals surface area (Å²) < 4.78 is 0. The summed E-state index contributed by atoms with van der Waals surface area (Å²) in [5, 5.41) is 3.23. The number of hydrogen-bond acceptors (Lipinski definition) is 6. The van der Waals surface area contributed by atoms with Crippen LogP contribution in [0.2, 0.25) is 0 Å². The molecule has 24 heavy (non-hydrogen) atoms. The Balaban J connectivity index is 1.73. The number of nitrogen functional groups attached to an aromatic ring is 1. The van der Waals surface area contributed by atoms with Crippen LogP contribution in [0.5, 0.6) is 0 Å². The predicted molar refractivity (Wildman–Crippen MR) is 95.3 cm³/mol. The number of amides is 1. The number of carbonyl (C=O) groups excluding carboxylic acids is 1. The molecule has 2 aromatic rings. The average molecular weight is 326 g/mol. The van der Waals surface area contributed by atoms with E-state index in [1.54, 1.807) is 13.3 Å². The lowest BCUT2D eigenvalue weighted by molar-refractivity contribution is -0.128. The van der Waals surface area contributed by atoms with Crippen LogP contribution in [-0.2, 0) is 4.79 Å². The molecule has 2 heterocycles. The van der Waals surface area contributed by atoms with Crippen molar-refractivity contribution in [2.24, 2.45) is 0 Å². The summed E-state index contributed by atoms with van der Waals surface area (Å²) in [5.41, 5.74) is 7.45. The van der Waals surface area contributed by atoms with Gasteiger partial charge in [0.1, 0.15) is 18.0 Å². The van der Waals surface area contributed by atoms with Crippen LogP contribution < -0.4 is 16.0 Å². The largest absolute Gasteiger partial charge is 0.397 e. The Kier molecular flexibility index (Phi) is 4.79. The van der Waals surface area contributed by atoms with E-state index in [9.17, 15) is 4.79 Å². The first kappa shape index (κ1) is 16.0. The number of nitrogens with two attached hydrogens (primary N) is 1. The molecule has 0 bridgehead atoms. The molecule has 1 amide bonds. The summed E-state index contributed by atoms with van der Waals surface area (Å²) in [7, 11) is 0. The molecule has 1 aliphatic heterocycles. The van der Waals surface area contributed by atoms with E-state index in [1.165, 1.54) is 0 Å². The predicted octanol–water partition coefficient (Wildman–Crippen LogP) is 1.86. The maximum atomic E-state index is 11.5. The van der Waals surface area contributed by atoms with Crippen molar-refractivity contribution in [3.8, 4) is 0 Å². The zero-order valence-electron chi connectivity index (χ0n) is 13.8. The molecule has 7 heteroatoms. The van der Waals surface area contributed by atoms with Crippen molar-refractivity contribution in [2.45, 2.75) is 13.3 Å². The molecule has 0 saturated carbocycles. The summed E-state index contributed by atoms with van der Waals surface area (Å²) in [6, 6.07) is 9.48. The Hall–Kier alpha value is -2.83. The van der Waals surface area contributed by atoms with Gasteiger partial charge in [-0.3, -0.25) is 4.79 Å². The Morgan fingerprint density at radius 2 is 2.00 bits per heavy atom. The number of anilines is 4. The Labute approximate surface area is 141 Å². The highest BCUT2D eigenvalue weighted by Crippen LogP contribution is 2.23. The normalized spacial score (nSPS) is 15.0. The van der Waals surface area contributed by atoms with Gasteiger partial charge in [0.15, 0.2) is 0 Å². The number of nitrogens with one attached hydrogen (secondary N) is 1. The molecule has 1 aromatic carbocycles. The molecule has 1 saturated heterocycles. The van der Waals surface area contributed by atoms with Gasteiger partial charge in [-0.05, 0) is 18.6 Å². The molecule has 126 valence electrons. The van der Waals surface area contributed by atoms with Gasteiger partial charge >= 0.3 is 0 Å². The van der Waals surface area contributed by atoms with Gasteiger partial charge in [0, 0.05) is 39.2 Å². The van der Waals surface area contributed by atoms with Gasteiger partial charge in [-0.1, -0.05) is 12.1 Å². The highest BCUT2D eigenvalue weighted by molar-refractivity contribution is 5.73. The maximum Gasteiger partial charge on any atom is 0.219 e. The smallest absolute Gasteiger partial charge is 0.219 e. The summed E-state index contributed by atoms with van der Waals surface area (Å²) in [6.45, 7) is 4.76. The van der Waals surface area contributed by atoms with Crippen molar-refractivity contribution in [1.82, 2.24) is 14.9 Å². The number of carbonyl (C=O) groups is 1. The molecule has 7 nitrogen and oxygen atoms in total. The van der Waals surface area contributed by atoms with Crippen molar-refractivity contribution in [3.05, 3.63) is 36.7 Å². The standard InChI is InChI=1S/C17H22N6O/c1-13(24)22-7-4-8-23(10-9-22)17-11-16(19-12-20-17)21-15-6-3-2-5-14(15)18/h2-3,5-6,11-12H,4,7-10,18H2,1H3,(H,19,20,21). The van der Waals surface area contributed by atoms with Gasteiger partial charge in [0.25, 0.3) is 0 Å². The highest BCUT2D eigenvalue weighted by Gasteiger charge is 2.17. The van der Waals surface area contributed by atoms with Crippen molar-refractivity contribution in [3.63, 3.8) is 0 Å². The molecule has 1 aliphatic rings. The van der Waals surface area contributed by atoms with E-state index in [2.05, 4.69) is 20.2 Å². The fourth-order valence-corrected chi connectivity index (χ4v) is 2.80. The number of rotatable bonds is 3. The van der Waals surface area contributed by atoms with E-state index >= 15 is 0 Å². The van der Waals surface area contributed by atoms with Crippen LogP contribution in [0.1, 0.15) is 13.3 Å². The van der Waals surface area contributed by atoms with Crippen LogP contribution in [0.4, 0.5) is 23.0 Å². The Bertz CT molecular complexity index is 720. The Morgan fingerprint density at radius 3 is 2.79 bits per heavy atom. The maximum absolute atomic E-state index is 11.5. The van der Waals surface area contributed by atoms with E-state index in [4.69, 9.17) is 5.73 Å². The van der Waals surface area contributed by atoms with Crippen LogP contribution in [0.25, 0.3) is 0 Å². The van der Waals surface area contributed by atoms with Crippen LogP contribution in [-0.4, -0.2) is 47.0 Å². The van der Waals surface area contributed by atoms with Crippen LogP contribution in [0.3, 0.4) is 0 Å². The molecule has 0 unspecified atom stereocenters. The van der Waals surface area contributed by atoms with Crippen molar-refractivity contribution < 1.29 is 4.79 Å². The van der Waals surface area contributed by atoms with E-state index in [0.717, 1.165) is 37.6 Å². The van der Waals surface area contributed by atoms with E-state index in [-0.39, 0.29) is 5.91 Å².